The molecule has 0 fully saturated rings. The van der Waals surface area contributed by atoms with Gasteiger partial charge in [0, 0.05) is 18.7 Å². The van der Waals surface area contributed by atoms with Crippen LogP contribution in [0.4, 0.5) is 0 Å². The lowest BCUT2D eigenvalue weighted by Crippen LogP contribution is -2.32. The first kappa shape index (κ1) is 22.0. The molecule has 0 bridgehead atoms. The third kappa shape index (κ3) is 6.98. The summed E-state index contributed by atoms with van der Waals surface area (Å²) in [4.78, 5) is 11.7. The van der Waals surface area contributed by atoms with Crippen molar-refractivity contribution in [3.8, 4) is 0 Å². The highest BCUT2D eigenvalue weighted by Gasteiger charge is 2.26. The summed E-state index contributed by atoms with van der Waals surface area (Å²) in [5.41, 5.74) is 2.83. The van der Waals surface area contributed by atoms with Gasteiger partial charge in [0.05, 0.1) is 16.5 Å². The number of aryl methyl sites for hydroxylation is 1. The molecule has 3 rings (SSSR count). The molecule has 9 heteroatoms. The van der Waals surface area contributed by atoms with Crippen molar-refractivity contribution < 1.29 is 18.5 Å². The van der Waals surface area contributed by atoms with E-state index >= 15 is 0 Å². The van der Waals surface area contributed by atoms with Crippen LogP contribution in [0.25, 0.3) is 0 Å². The second-order valence-electron chi connectivity index (χ2n) is 6.18. The topological polar surface area (TPSA) is 118 Å². The average Bonchev–Trinajstić information content (AvgIpc) is 2.69. The molecule has 29 heavy (non-hydrogen) atoms. The first-order chi connectivity index (χ1) is 13.8. The first-order valence-electron chi connectivity index (χ1n) is 8.67. The van der Waals surface area contributed by atoms with Gasteiger partial charge < -0.3 is 15.3 Å². The molecule has 152 valence electrons. The predicted molar refractivity (Wildman–Crippen MR) is 107 cm³/mol. The minimum atomic E-state index is -3.60. The smallest absolute Gasteiger partial charge is 0.243 e. The number of aromatic nitrogens is 1. The maximum absolute atomic E-state index is 13.2. The highest BCUT2D eigenvalue weighted by molar-refractivity contribution is 7.89. The van der Waals surface area contributed by atoms with E-state index in [1.54, 1.807) is 18.3 Å². The fourth-order valence-corrected chi connectivity index (χ4v) is 4.00. The molecule has 8 nitrogen and oxygen atoms in total. The van der Waals surface area contributed by atoms with Gasteiger partial charge in [-0.3, -0.25) is 0 Å². The Bertz CT molecular complexity index is 966. The quantitative estimate of drug-likeness (QED) is 0.453. The summed E-state index contributed by atoms with van der Waals surface area (Å²) in [6.45, 7) is 2.54. The third-order valence-corrected chi connectivity index (χ3v) is 5.79. The fraction of sp³-hybridized carbons (Fsp3) is 0.150. The molecule has 1 heterocycles. The highest BCUT2D eigenvalue weighted by Crippen LogP contribution is 2.20. The molecule has 1 N–H and O–H groups in total. The Kier molecular flexibility index (Phi) is 7.81. The predicted octanol–water partition coefficient (Wildman–Crippen LogP) is 2.96. The Balaban J connectivity index is 0.000000687. The zero-order valence-electron chi connectivity index (χ0n) is 15.8. The van der Waals surface area contributed by atoms with E-state index in [4.69, 9.17) is 15.3 Å². The Morgan fingerprint density at radius 3 is 2.03 bits per heavy atom. The van der Waals surface area contributed by atoms with Crippen LogP contribution >= 0.6 is 0 Å². The molecule has 0 aliphatic carbocycles. The standard InChI is InChI=1S/C20H20N2O2S.NO3/c1-17-10-12-20(13-11-17)25(23,24)22(15-18-7-3-2-4-8-18)16-19-9-5-6-14-21-19;2-1(3)4/h2-14H,15-16H2,1H3;/q;-1/p+1. The van der Waals surface area contributed by atoms with Gasteiger partial charge >= 0.3 is 0 Å². The van der Waals surface area contributed by atoms with E-state index in [9.17, 15) is 8.42 Å². The van der Waals surface area contributed by atoms with E-state index < -0.39 is 15.1 Å². The number of nitrogens with zero attached hydrogens (tertiary/aromatic N) is 2. The van der Waals surface area contributed by atoms with Crippen LogP contribution in [-0.4, -0.2) is 17.8 Å². The number of rotatable bonds is 6. The Morgan fingerprint density at radius 2 is 1.48 bits per heavy atom. The summed E-state index contributed by atoms with van der Waals surface area (Å²) in [5.74, 6) is 0. The molecule has 2 aromatic carbocycles. The lowest BCUT2D eigenvalue weighted by atomic mass is 10.2. The summed E-state index contributed by atoms with van der Waals surface area (Å²) in [6.07, 6.45) is 1.80. The molecular weight excluding hydrogens is 394 g/mol. The molecule has 0 aliphatic heterocycles. The van der Waals surface area contributed by atoms with Gasteiger partial charge in [0.1, 0.15) is 0 Å². The highest BCUT2D eigenvalue weighted by atomic mass is 32.2. The number of hydrogen-bond acceptors (Lipinski definition) is 5. The lowest BCUT2D eigenvalue weighted by molar-refractivity contribution is -0.402. The van der Waals surface area contributed by atoms with Crippen molar-refractivity contribution in [2.45, 2.75) is 24.9 Å². The van der Waals surface area contributed by atoms with E-state index in [2.05, 4.69) is 4.98 Å². The van der Waals surface area contributed by atoms with Gasteiger partial charge in [-0.2, -0.15) is 4.31 Å². The molecule has 1 aromatic heterocycles. The molecule has 0 amide bonds. The minimum absolute atomic E-state index is 0.284. The molecule has 0 atom stereocenters. The van der Waals surface area contributed by atoms with Crippen molar-refractivity contribution in [1.82, 2.24) is 4.31 Å². The summed E-state index contributed by atoms with van der Waals surface area (Å²) >= 11 is 0. The summed E-state index contributed by atoms with van der Waals surface area (Å²) in [6, 6.07) is 22.3. The van der Waals surface area contributed by atoms with Crippen LogP contribution in [0, 0.1) is 22.2 Å². The van der Waals surface area contributed by atoms with Crippen LogP contribution in [0.2, 0.25) is 0 Å². The van der Waals surface area contributed by atoms with Crippen molar-refractivity contribution in [1.29, 1.82) is 0 Å². The van der Waals surface area contributed by atoms with Gasteiger partial charge in [-0.15, -0.1) is 0 Å². The van der Waals surface area contributed by atoms with E-state index in [1.165, 1.54) is 4.31 Å². The second-order valence-corrected chi connectivity index (χ2v) is 8.12. The van der Waals surface area contributed by atoms with Crippen LogP contribution in [0.1, 0.15) is 16.8 Å². The SMILES string of the molecule is Cc1ccc(S(=O)(=O)N(Cc2ccccc2)Cc2cccc[nH+]2)cc1.O=[N+]([O-])[O-]. The Hall–Kier alpha value is -3.30. The number of nitrogens with one attached hydrogen (secondary N) is 1. The van der Waals surface area contributed by atoms with Gasteiger partial charge in [-0.1, -0.05) is 54.1 Å². The largest absolute Gasteiger partial charge is 0.356 e. The number of pyridine rings is 1. The van der Waals surface area contributed by atoms with Crippen LogP contribution in [0.5, 0.6) is 0 Å². The van der Waals surface area contributed by atoms with E-state index in [0.717, 1.165) is 16.8 Å². The van der Waals surface area contributed by atoms with Crippen molar-refractivity contribution in [3.63, 3.8) is 0 Å². The minimum Gasteiger partial charge on any atom is -0.356 e. The van der Waals surface area contributed by atoms with Crippen molar-refractivity contribution >= 4 is 10.0 Å². The molecule has 0 aliphatic rings. The molecule has 3 aromatic rings. The molecule has 0 unspecified atom stereocenters. The third-order valence-electron chi connectivity index (χ3n) is 3.98. The fourth-order valence-electron chi connectivity index (χ4n) is 2.59. The number of sulfonamides is 1. The number of hydrogen-bond donors (Lipinski definition) is 0. The molecule has 0 saturated carbocycles. The van der Waals surface area contributed by atoms with Gasteiger partial charge in [0.25, 0.3) is 0 Å². The van der Waals surface area contributed by atoms with Gasteiger partial charge in [-0.25, -0.2) is 13.4 Å². The summed E-state index contributed by atoms with van der Waals surface area (Å²) in [5, 5.41) is 14.8. The van der Waals surface area contributed by atoms with Crippen molar-refractivity contribution in [3.05, 3.63) is 111 Å². The van der Waals surface area contributed by atoms with Gasteiger partial charge in [0.15, 0.2) is 11.9 Å². The molecule has 0 spiro atoms. The van der Waals surface area contributed by atoms with Gasteiger partial charge in [-0.05, 0) is 24.6 Å². The van der Waals surface area contributed by atoms with Crippen LogP contribution < -0.4 is 4.98 Å². The maximum Gasteiger partial charge on any atom is 0.243 e. The number of benzene rings is 2. The molecular formula is C20H21N3O5S. The molecule has 0 saturated heterocycles. The monoisotopic (exact) mass is 415 g/mol. The van der Waals surface area contributed by atoms with Crippen molar-refractivity contribution in [2.75, 3.05) is 0 Å². The maximum atomic E-state index is 13.2. The van der Waals surface area contributed by atoms with E-state index in [1.807, 2.05) is 67.6 Å². The molecule has 0 radical (unpaired) electrons. The Morgan fingerprint density at radius 1 is 0.897 bits per heavy atom. The van der Waals surface area contributed by atoms with Crippen LogP contribution in [0.15, 0.2) is 83.9 Å². The normalized spacial score (nSPS) is 10.8. The summed E-state index contributed by atoms with van der Waals surface area (Å²) < 4.78 is 27.8. The van der Waals surface area contributed by atoms with Crippen LogP contribution in [-0.2, 0) is 23.1 Å². The van der Waals surface area contributed by atoms with E-state index in [0.29, 0.717) is 11.4 Å². The number of aromatic amines is 1. The zero-order valence-corrected chi connectivity index (χ0v) is 16.6. The Labute approximate surface area is 169 Å². The zero-order chi connectivity index (χ0) is 21.3. The van der Waals surface area contributed by atoms with Crippen LogP contribution in [0.3, 0.4) is 0 Å². The second kappa shape index (κ2) is 10.3. The summed E-state index contributed by atoms with van der Waals surface area (Å²) in [7, 11) is -3.60. The van der Waals surface area contributed by atoms with Gasteiger partial charge in [0.2, 0.25) is 10.0 Å². The van der Waals surface area contributed by atoms with Crippen molar-refractivity contribution in [2.24, 2.45) is 0 Å². The average molecular weight is 415 g/mol. The lowest BCUT2D eigenvalue weighted by Gasteiger charge is -2.21. The first-order valence-corrected chi connectivity index (χ1v) is 10.1. The number of H-pyrrole nitrogens is 1. The van der Waals surface area contributed by atoms with E-state index in [-0.39, 0.29) is 6.54 Å².